The summed E-state index contributed by atoms with van der Waals surface area (Å²) < 4.78 is 0. The lowest BCUT2D eigenvalue weighted by Crippen LogP contribution is -2.61. The molecular formula is C13H15NO5S. The molecule has 2 heterocycles. The predicted octanol–water partition coefficient (Wildman–Crippen LogP) is 0.730. The van der Waals surface area contributed by atoms with E-state index in [-0.39, 0.29) is 17.6 Å². The second kappa shape index (κ2) is 5.41. The summed E-state index contributed by atoms with van der Waals surface area (Å²) in [5.74, 6) is -2.06. The molecule has 0 spiro atoms. The van der Waals surface area contributed by atoms with E-state index < -0.39 is 18.0 Å². The number of fused-ring (bicyclic) bond motifs is 1. The van der Waals surface area contributed by atoms with Gasteiger partial charge in [0.15, 0.2) is 0 Å². The second-order valence-corrected chi connectivity index (χ2v) is 6.18. The van der Waals surface area contributed by atoms with Gasteiger partial charge in [0.25, 0.3) is 0 Å². The maximum absolute atomic E-state index is 11.9. The third-order valence-electron chi connectivity index (χ3n) is 3.48. The molecule has 6 nitrogen and oxygen atoms in total. The van der Waals surface area contributed by atoms with Crippen molar-refractivity contribution in [1.82, 2.24) is 4.90 Å². The number of aliphatic carboxylic acids is 1. The maximum atomic E-state index is 11.9. The van der Waals surface area contributed by atoms with Crippen molar-refractivity contribution in [3.05, 3.63) is 21.6 Å². The van der Waals surface area contributed by atoms with Gasteiger partial charge in [-0.3, -0.25) is 9.59 Å². The molecule has 0 aromatic carbocycles. The molecule has 1 saturated heterocycles. The quantitative estimate of drug-likeness (QED) is 0.441. The average molecular weight is 297 g/mol. The summed E-state index contributed by atoms with van der Waals surface area (Å²) in [6.07, 6.45) is 1.59. The third-order valence-corrected chi connectivity index (χ3v) is 4.54. The highest BCUT2D eigenvalue weighted by Gasteiger charge is 2.56. The number of rotatable bonds is 5. The molecule has 0 saturated carbocycles. The van der Waals surface area contributed by atoms with Crippen LogP contribution < -0.4 is 0 Å². The highest BCUT2D eigenvalue weighted by molar-refractivity contribution is 8.06. The van der Waals surface area contributed by atoms with E-state index in [1.807, 2.05) is 0 Å². The number of carbonyl (C=O) groups excluding carboxylic acids is 2. The number of aliphatic hydroxyl groups is 1. The fourth-order valence-electron chi connectivity index (χ4n) is 2.65. The summed E-state index contributed by atoms with van der Waals surface area (Å²) >= 11 is 1.18. The van der Waals surface area contributed by atoms with Gasteiger partial charge in [0.2, 0.25) is 5.91 Å². The zero-order valence-electron chi connectivity index (χ0n) is 11.1. The van der Waals surface area contributed by atoms with Crippen molar-refractivity contribution in [2.75, 3.05) is 0 Å². The van der Waals surface area contributed by atoms with Gasteiger partial charge in [0, 0.05) is 11.3 Å². The Morgan fingerprint density at radius 1 is 1.55 bits per heavy atom. The molecule has 0 bridgehead atoms. The zero-order valence-corrected chi connectivity index (χ0v) is 11.9. The van der Waals surface area contributed by atoms with Crippen molar-refractivity contribution < 1.29 is 24.6 Å². The number of β-lactam (4-membered cyclic amide) rings is 1. The van der Waals surface area contributed by atoms with Gasteiger partial charge in [0.1, 0.15) is 12.0 Å². The van der Waals surface area contributed by atoms with Gasteiger partial charge in [-0.2, -0.15) is 0 Å². The molecule has 0 aliphatic carbocycles. The van der Waals surface area contributed by atoms with Crippen LogP contribution in [-0.4, -0.2) is 45.4 Å². The molecule has 3 atom stereocenters. The molecular weight excluding hydrogens is 282 g/mol. The summed E-state index contributed by atoms with van der Waals surface area (Å²) in [5.41, 5.74) is -0.0273. The maximum Gasteiger partial charge on any atom is 0.353 e. The van der Waals surface area contributed by atoms with Gasteiger partial charge in [-0.25, -0.2) is 4.79 Å². The van der Waals surface area contributed by atoms with Crippen LogP contribution >= 0.6 is 11.8 Å². The fourth-order valence-corrected chi connectivity index (χ4v) is 3.70. The van der Waals surface area contributed by atoms with Crippen LogP contribution in [0.25, 0.3) is 0 Å². The van der Waals surface area contributed by atoms with E-state index in [4.69, 9.17) is 0 Å². The van der Waals surface area contributed by atoms with Gasteiger partial charge >= 0.3 is 5.97 Å². The standard InChI is InChI=1S/C13H15NO5S/c1-6(3-4-15)20-9-5-8-10(7(2)16)12(17)14(8)11(9)13(18)19/h3-4,7-8,10,16H,5H2,1-2H3,(H,18,19)/b6-3-/t7-,8-,10-/m1/s1. The van der Waals surface area contributed by atoms with E-state index in [9.17, 15) is 24.6 Å². The first kappa shape index (κ1) is 14.8. The number of aliphatic hydroxyl groups excluding tert-OH is 1. The van der Waals surface area contributed by atoms with E-state index in [2.05, 4.69) is 0 Å². The lowest BCUT2D eigenvalue weighted by Gasteiger charge is -2.44. The molecule has 2 rings (SSSR count). The van der Waals surface area contributed by atoms with Gasteiger partial charge in [-0.1, -0.05) is 11.8 Å². The summed E-state index contributed by atoms with van der Waals surface area (Å²) in [6.45, 7) is 3.23. The highest BCUT2D eigenvalue weighted by atomic mass is 32.2. The number of hydrogen-bond donors (Lipinski definition) is 2. The van der Waals surface area contributed by atoms with Crippen LogP contribution in [0, 0.1) is 5.92 Å². The molecule has 108 valence electrons. The number of carbonyl (C=O) groups is 3. The molecule has 7 heteroatoms. The number of aldehydes is 1. The Balaban J connectivity index is 2.28. The number of thioether (sulfide) groups is 1. The van der Waals surface area contributed by atoms with E-state index in [1.165, 1.54) is 29.7 Å². The Bertz CT molecular complexity index is 537. The van der Waals surface area contributed by atoms with Crippen LogP contribution in [0.15, 0.2) is 21.6 Å². The number of nitrogens with zero attached hydrogens (tertiary/aromatic N) is 1. The largest absolute Gasteiger partial charge is 0.477 e. The van der Waals surface area contributed by atoms with Gasteiger partial charge in [-0.05, 0) is 24.8 Å². The Labute approximate surface area is 120 Å². The molecule has 0 unspecified atom stereocenters. The fraction of sp³-hybridized carbons (Fsp3) is 0.462. The van der Waals surface area contributed by atoms with Gasteiger partial charge in [0.05, 0.1) is 18.1 Å². The minimum absolute atomic E-state index is 0.0273. The molecule has 0 radical (unpaired) electrons. The van der Waals surface area contributed by atoms with Gasteiger partial charge < -0.3 is 15.1 Å². The SMILES string of the molecule is C/C(=C/C=O)SC1=C(C(=O)O)N2C(=O)[C@H]([C@@H](C)O)[C@H]2C1. The zero-order chi connectivity index (χ0) is 15.0. The first-order valence-electron chi connectivity index (χ1n) is 6.16. The normalized spacial score (nSPS) is 27.2. The second-order valence-electron chi connectivity index (χ2n) is 4.84. The highest BCUT2D eigenvalue weighted by Crippen LogP contribution is 2.48. The molecule has 20 heavy (non-hydrogen) atoms. The summed E-state index contributed by atoms with van der Waals surface area (Å²) in [6, 6.07) is -0.292. The van der Waals surface area contributed by atoms with Crippen LogP contribution in [0.4, 0.5) is 0 Å². The molecule has 0 aromatic heterocycles. The summed E-state index contributed by atoms with van der Waals surface area (Å²) in [5, 5.41) is 18.9. The summed E-state index contributed by atoms with van der Waals surface area (Å²) in [7, 11) is 0. The van der Waals surface area contributed by atoms with Crippen molar-refractivity contribution >= 4 is 29.9 Å². The minimum atomic E-state index is -1.16. The van der Waals surface area contributed by atoms with Crippen LogP contribution in [0.5, 0.6) is 0 Å². The molecule has 1 amide bonds. The van der Waals surface area contributed by atoms with E-state index in [0.29, 0.717) is 22.5 Å². The van der Waals surface area contributed by atoms with E-state index in [1.54, 1.807) is 6.92 Å². The van der Waals surface area contributed by atoms with Crippen LogP contribution in [-0.2, 0) is 14.4 Å². The monoisotopic (exact) mass is 297 g/mol. The molecule has 2 aliphatic heterocycles. The van der Waals surface area contributed by atoms with Crippen LogP contribution in [0.3, 0.4) is 0 Å². The number of amides is 1. The Hall–Kier alpha value is -1.60. The van der Waals surface area contributed by atoms with Crippen molar-refractivity contribution in [2.24, 2.45) is 5.92 Å². The Kier molecular flexibility index (Phi) is 4.01. The Morgan fingerprint density at radius 2 is 2.20 bits per heavy atom. The minimum Gasteiger partial charge on any atom is -0.477 e. The smallest absolute Gasteiger partial charge is 0.353 e. The lowest BCUT2D eigenvalue weighted by molar-refractivity contribution is -0.161. The van der Waals surface area contributed by atoms with Gasteiger partial charge in [-0.15, -0.1) is 0 Å². The van der Waals surface area contributed by atoms with Crippen LogP contribution in [0.1, 0.15) is 20.3 Å². The molecule has 0 aromatic rings. The Morgan fingerprint density at radius 3 is 2.70 bits per heavy atom. The number of carboxylic acid groups (broad SMARTS) is 1. The lowest BCUT2D eigenvalue weighted by atomic mass is 9.83. The molecule has 2 aliphatic rings. The van der Waals surface area contributed by atoms with Crippen molar-refractivity contribution in [1.29, 1.82) is 0 Å². The third kappa shape index (κ3) is 2.27. The average Bonchev–Trinajstić information content (AvgIpc) is 2.63. The summed E-state index contributed by atoms with van der Waals surface area (Å²) in [4.78, 5) is 36.2. The van der Waals surface area contributed by atoms with E-state index in [0.717, 1.165) is 0 Å². The first-order chi connectivity index (χ1) is 9.38. The van der Waals surface area contributed by atoms with Crippen molar-refractivity contribution in [3.63, 3.8) is 0 Å². The number of allylic oxidation sites excluding steroid dienone is 2. The predicted molar refractivity (Wildman–Crippen MR) is 72.5 cm³/mol. The number of carboxylic acids is 1. The first-order valence-corrected chi connectivity index (χ1v) is 6.97. The van der Waals surface area contributed by atoms with Crippen molar-refractivity contribution in [2.45, 2.75) is 32.4 Å². The van der Waals surface area contributed by atoms with Crippen LogP contribution in [0.2, 0.25) is 0 Å². The topological polar surface area (TPSA) is 94.9 Å². The van der Waals surface area contributed by atoms with E-state index >= 15 is 0 Å². The molecule has 2 N–H and O–H groups in total. The van der Waals surface area contributed by atoms with Crippen molar-refractivity contribution in [3.8, 4) is 0 Å². The molecule has 1 fully saturated rings. The number of hydrogen-bond acceptors (Lipinski definition) is 5.